The fraction of sp³-hybridized carbons (Fsp3) is 0.263. The number of amides is 2. The van der Waals surface area contributed by atoms with Crippen LogP contribution in [0.1, 0.15) is 29.3 Å². The lowest BCUT2D eigenvalue weighted by Gasteiger charge is -2.12. The first kappa shape index (κ1) is 18.8. The number of ether oxygens (including phenoxy) is 1. The number of hydrogen-bond donors (Lipinski definition) is 2. The van der Waals surface area contributed by atoms with Crippen LogP contribution in [0.3, 0.4) is 0 Å². The summed E-state index contributed by atoms with van der Waals surface area (Å²) in [5.41, 5.74) is 1.20. The smallest absolute Gasteiger partial charge is 0.255 e. The molecule has 25 heavy (non-hydrogen) atoms. The Morgan fingerprint density at radius 3 is 2.52 bits per heavy atom. The van der Waals surface area contributed by atoms with Gasteiger partial charge in [-0.3, -0.25) is 9.59 Å². The highest BCUT2D eigenvalue weighted by Crippen LogP contribution is 2.21. The highest BCUT2D eigenvalue weighted by atomic mass is 35.5. The summed E-state index contributed by atoms with van der Waals surface area (Å²) in [7, 11) is 0. The monoisotopic (exact) mass is 360 g/mol. The quantitative estimate of drug-likeness (QED) is 0.759. The summed E-state index contributed by atoms with van der Waals surface area (Å²) < 4.78 is 5.75. The number of carbonyl (C=O) groups excluding carboxylic acids is 2. The number of nitrogens with one attached hydrogen (secondary N) is 2. The maximum atomic E-state index is 12.3. The van der Waals surface area contributed by atoms with Gasteiger partial charge in [-0.1, -0.05) is 48.9 Å². The molecule has 0 saturated carbocycles. The predicted molar refractivity (Wildman–Crippen MR) is 97.9 cm³/mol. The molecule has 0 bridgehead atoms. The Balaban J connectivity index is 1.98. The van der Waals surface area contributed by atoms with E-state index in [0.717, 1.165) is 12.0 Å². The highest BCUT2D eigenvalue weighted by molar-refractivity contribution is 6.31. The van der Waals surface area contributed by atoms with Crippen molar-refractivity contribution in [3.8, 4) is 5.75 Å². The number of benzene rings is 2. The largest absolute Gasteiger partial charge is 0.488 e. The number of para-hydroxylation sites is 1. The van der Waals surface area contributed by atoms with Crippen LogP contribution >= 0.6 is 11.6 Å². The van der Waals surface area contributed by atoms with Crippen LogP contribution in [0.25, 0.3) is 0 Å². The van der Waals surface area contributed by atoms with E-state index in [1.165, 1.54) is 0 Å². The van der Waals surface area contributed by atoms with E-state index in [1.54, 1.807) is 30.3 Å². The van der Waals surface area contributed by atoms with E-state index in [0.29, 0.717) is 22.9 Å². The van der Waals surface area contributed by atoms with Crippen molar-refractivity contribution >= 4 is 23.4 Å². The molecule has 0 aromatic heterocycles. The number of halogens is 1. The molecule has 0 aliphatic rings. The molecular weight excluding hydrogens is 340 g/mol. The van der Waals surface area contributed by atoms with E-state index in [1.807, 2.05) is 25.1 Å². The van der Waals surface area contributed by atoms with Gasteiger partial charge in [0.15, 0.2) is 0 Å². The summed E-state index contributed by atoms with van der Waals surface area (Å²) in [6.07, 6.45) is 0.846. The van der Waals surface area contributed by atoms with Crippen molar-refractivity contribution in [2.45, 2.75) is 20.0 Å². The van der Waals surface area contributed by atoms with E-state index < -0.39 is 0 Å². The van der Waals surface area contributed by atoms with Gasteiger partial charge in [0, 0.05) is 17.1 Å². The van der Waals surface area contributed by atoms with Gasteiger partial charge in [-0.25, -0.2) is 0 Å². The van der Waals surface area contributed by atoms with Gasteiger partial charge in [0.1, 0.15) is 12.4 Å². The normalized spacial score (nSPS) is 10.2. The molecule has 2 rings (SSSR count). The Hall–Kier alpha value is -2.53. The summed E-state index contributed by atoms with van der Waals surface area (Å²) in [6, 6.07) is 14.3. The lowest BCUT2D eigenvalue weighted by Crippen LogP contribution is -2.37. The summed E-state index contributed by atoms with van der Waals surface area (Å²) in [5.74, 6) is -0.139. The average molecular weight is 361 g/mol. The van der Waals surface area contributed by atoms with Gasteiger partial charge in [0.05, 0.1) is 12.1 Å². The average Bonchev–Trinajstić information content (AvgIpc) is 2.64. The van der Waals surface area contributed by atoms with Crippen molar-refractivity contribution in [2.75, 3.05) is 13.1 Å². The van der Waals surface area contributed by atoms with Crippen molar-refractivity contribution in [1.82, 2.24) is 10.6 Å². The summed E-state index contributed by atoms with van der Waals surface area (Å²) in [4.78, 5) is 23.9. The molecule has 0 heterocycles. The van der Waals surface area contributed by atoms with Gasteiger partial charge < -0.3 is 15.4 Å². The molecule has 2 N–H and O–H groups in total. The minimum absolute atomic E-state index is 0.0717. The van der Waals surface area contributed by atoms with Crippen molar-refractivity contribution in [2.24, 2.45) is 0 Å². The molecule has 0 unspecified atom stereocenters. The molecule has 0 radical (unpaired) electrons. The third-order valence-corrected chi connectivity index (χ3v) is 3.82. The van der Waals surface area contributed by atoms with Crippen LogP contribution in [0.5, 0.6) is 5.75 Å². The first-order valence-corrected chi connectivity index (χ1v) is 8.49. The molecule has 0 atom stereocenters. The number of carbonyl (C=O) groups is 2. The molecule has 0 spiro atoms. The Morgan fingerprint density at radius 1 is 1.04 bits per heavy atom. The highest BCUT2D eigenvalue weighted by Gasteiger charge is 2.13. The molecule has 2 aromatic rings. The second-order valence-electron chi connectivity index (χ2n) is 5.41. The van der Waals surface area contributed by atoms with Crippen LogP contribution in [0.2, 0.25) is 5.02 Å². The summed E-state index contributed by atoms with van der Waals surface area (Å²) >= 11 is 6.12. The Bertz CT molecular complexity index is 734. The maximum absolute atomic E-state index is 12.3. The maximum Gasteiger partial charge on any atom is 0.255 e. The molecular formula is C19H21ClN2O3. The molecule has 0 fully saturated rings. The SMILES string of the molecule is CCCNC(=O)CNC(=O)c1ccccc1OCc1ccccc1Cl. The number of hydrogen-bond acceptors (Lipinski definition) is 3. The van der Waals surface area contributed by atoms with Crippen molar-refractivity contribution in [3.05, 3.63) is 64.7 Å². The van der Waals surface area contributed by atoms with E-state index >= 15 is 0 Å². The van der Waals surface area contributed by atoms with Crippen LogP contribution in [0.4, 0.5) is 0 Å². The number of rotatable bonds is 8. The standard InChI is InChI=1S/C19H21ClN2O3/c1-2-11-21-18(23)12-22-19(24)15-8-4-6-10-17(15)25-13-14-7-3-5-9-16(14)20/h3-10H,2,11-13H2,1H3,(H,21,23)(H,22,24). The molecule has 0 aliphatic heterocycles. The van der Waals surface area contributed by atoms with Crippen LogP contribution in [-0.2, 0) is 11.4 Å². The minimum atomic E-state index is -0.360. The van der Waals surface area contributed by atoms with Crippen LogP contribution < -0.4 is 15.4 Å². The third kappa shape index (κ3) is 5.80. The first-order valence-electron chi connectivity index (χ1n) is 8.12. The lowest BCUT2D eigenvalue weighted by molar-refractivity contribution is -0.120. The first-order chi connectivity index (χ1) is 12.1. The van der Waals surface area contributed by atoms with E-state index in [-0.39, 0.29) is 25.0 Å². The fourth-order valence-corrected chi connectivity index (χ4v) is 2.32. The molecule has 6 heteroatoms. The Morgan fingerprint density at radius 2 is 1.76 bits per heavy atom. The Labute approximate surface area is 152 Å². The zero-order valence-corrected chi connectivity index (χ0v) is 14.8. The van der Waals surface area contributed by atoms with Gasteiger partial charge in [-0.2, -0.15) is 0 Å². The topological polar surface area (TPSA) is 67.4 Å². The van der Waals surface area contributed by atoms with Crippen molar-refractivity contribution in [3.63, 3.8) is 0 Å². The molecule has 0 aliphatic carbocycles. The van der Waals surface area contributed by atoms with Crippen molar-refractivity contribution < 1.29 is 14.3 Å². The van der Waals surface area contributed by atoms with Gasteiger partial charge >= 0.3 is 0 Å². The zero-order chi connectivity index (χ0) is 18.1. The fourth-order valence-electron chi connectivity index (χ4n) is 2.13. The molecule has 2 amide bonds. The second kappa shape index (κ2) is 9.69. The van der Waals surface area contributed by atoms with Crippen LogP contribution in [-0.4, -0.2) is 24.9 Å². The van der Waals surface area contributed by atoms with E-state index in [2.05, 4.69) is 10.6 Å². The summed E-state index contributed by atoms with van der Waals surface area (Å²) in [5, 5.41) is 5.92. The second-order valence-corrected chi connectivity index (χ2v) is 5.82. The van der Waals surface area contributed by atoms with E-state index in [4.69, 9.17) is 16.3 Å². The molecule has 5 nitrogen and oxygen atoms in total. The molecule has 0 saturated heterocycles. The van der Waals surface area contributed by atoms with Gasteiger partial charge in [-0.15, -0.1) is 0 Å². The van der Waals surface area contributed by atoms with Crippen LogP contribution in [0.15, 0.2) is 48.5 Å². The molecule has 132 valence electrons. The Kier molecular flexibility index (Phi) is 7.29. The van der Waals surface area contributed by atoms with Crippen LogP contribution in [0, 0.1) is 0 Å². The third-order valence-electron chi connectivity index (χ3n) is 3.45. The van der Waals surface area contributed by atoms with Crippen molar-refractivity contribution in [1.29, 1.82) is 0 Å². The molecule has 2 aromatic carbocycles. The van der Waals surface area contributed by atoms with Gasteiger partial charge in [-0.05, 0) is 24.6 Å². The van der Waals surface area contributed by atoms with Gasteiger partial charge in [0.2, 0.25) is 5.91 Å². The zero-order valence-electron chi connectivity index (χ0n) is 14.0. The van der Waals surface area contributed by atoms with E-state index in [9.17, 15) is 9.59 Å². The summed E-state index contributed by atoms with van der Waals surface area (Å²) in [6.45, 7) is 2.73. The lowest BCUT2D eigenvalue weighted by atomic mass is 10.2. The minimum Gasteiger partial charge on any atom is -0.488 e. The van der Waals surface area contributed by atoms with Gasteiger partial charge in [0.25, 0.3) is 5.91 Å². The predicted octanol–water partition coefficient (Wildman–Crippen LogP) is 3.18.